The van der Waals surface area contributed by atoms with Crippen molar-refractivity contribution < 1.29 is 8.78 Å². The Morgan fingerprint density at radius 1 is 1.07 bits per heavy atom. The molecule has 2 aliphatic rings. The Labute approximate surface area is 168 Å². The van der Waals surface area contributed by atoms with Crippen molar-refractivity contribution in [2.24, 2.45) is 10.2 Å². The fourth-order valence-corrected chi connectivity index (χ4v) is 4.19. The Kier molecular flexibility index (Phi) is 5.46. The number of rotatable bonds is 6. The molecule has 0 aliphatic carbocycles. The van der Waals surface area contributed by atoms with Crippen LogP contribution < -0.4 is 4.31 Å². The van der Waals surface area contributed by atoms with E-state index in [2.05, 4.69) is 50.9 Å². The molecule has 0 saturated heterocycles. The van der Waals surface area contributed by atoms with Gasteiger partial charge in [-0.15, -0.1) is 0 Å². The number of fused-ring (bicyclic) bond motifs is 1. The highest BCUT2D eigenvalue weighted by molar-refractivity contribution is 7.99. The minimum atomic E-state index is -2.54. The smallest absolute Gasteiger partial charge is 0.278 e. The van der Waals surface area contributed by atoms with Crippen molar-refractivity contribution in [3.63, 3.8) is 0 Å². The molecule has 7 heteroatoms. The number of nitrogens with zero attached hydrogens (tertiary/aromatic N) is 4. The zero-order valence-electron chi connectivity index (χ0n) is 15.9. The zero-order chi connectivity index (χ0) is 19.7. The maximum Gasteiger partial charge on any atom is 0.278 e. The normalized spacial score (nSPS) is 16.3. The third-order valence-corrected chi connectivity index (χ3v) is 5.87. The van der Waals surface area contributed by atoms with Gasteiger partial charge in [0, 0.05) is 31.5 Å². The van der Waals surface area contributed by atoms with Crippen molar-refractivity contribution >= 4 is 29.1 Å². The second-order valence-corrected chi connectivity index (χ2v) is 7.96. The molecule has 146 valence electrons. The van der Waals surface area contributed by atoms with E-state index in [0.29, 0.717) is 5.71 Å². The zero-order valence-corrected chi connectivity index (χ0v) is 16.7. The van der Waals surface area contributed by atoms with Crippen molar-refractivity contribution in [3.8, 4) is 0 Å². The Morgan fingerprint density at radius 2 is 1.82 bits per heavy atom. The van der Waals surface area contributed by atoms with Crippen LogP contribution in [-0.4, -0.2) is 36.1 Å². The number of benzene rings is 2. The average molecular weight is 400 g/mol. The summed E-state index contributed by atoms with van der Waals surface area (Å²) in [6, 6.07) is 14.6. The highest BCUT2D eigenvalue weighted by atomic mass is 32.2. The van der Waals surface area contributed by atoms with Crippen LogP contribution in [-0.2, 0) is 19.6 Å². The van der Waals surface area contributed by atoms with Gasteiger partial charge in [0.1, 0.15) is 5.71 Å². The van der Waals surface area contributed by atoms with E-state index >= 15 is 0 Å². The molecule has 2 heterocycles. The van der Waals surface area contributed by atoms with Gasteiger partial charge in [0.25, 0.3) is 6.43 Å². The average Bonchev–Trinajstić information content (AvgIpc) is 3.32. The van der Waals surface area contributed by atoms with Crippen molar-refractivity contribution in [3.05, 3.63) is 64.7 Å². The van der Waals surface area contributed by atoms with Crippen LogP contribution in [0.5, 0.6) is 0 Å². The molecular weight excluding hydrogens is 378 g/mol. The molecule has 0 saturated carbocycles. The topological polar surface area (TPSA) is 31.2 Å². The second kappa shape index (κ2) is 8.01. The van der Waals surface area contributed by atoms with Gasteiger partial charge >= 0.3 is 0 Å². The van der Waals surface area contributed by atoms with Gasteiger partial charge in [0.15, 0.2) is 0 Å². The number of hydrogen-bond donors (Lipinski definition) is 0. The van der Waals surface area contributed by atoms with Gasteiger partial charge in [-0.1, -0.05) is 42.3 Å². The molecule has 2 aromatic carbocycles. The molecule has 2 aromatic rings. The summed E-state index contributed by atoms with van der Waals surface area (Å²) in [5.41, 5.74) is 6.44. The monoisotopic (exact) mass is 400 g/mol. The van der Waals surface area contributed by atoms with Crippen LogP contribution in [0.2, 0.25) is 0 Å². The fourth-order valence-electron chi connectivity index (χ4n) is 3.58. The Morgan fingerprint density at radius 3 is 2.50 bits per heavy atom. The molecular formula is C21H22F2N4S. The van der Waals surface area contributed by atoms with Crippen molar-refractivity contribution in [2.75, 3.05) is 17.6 Å². The summed E-state index contributed by atoms with van der Waals surface area (Å²) >= 11 is 1.69. The number of anilines is 1. The molecule has 0 bridgehead atoms. The highest BCUT2D eigenvalue weighted by Crippen LogP contribution is 2.30. The van der Waals surface area contributed by atoms with E-state index in [0.717, 1.165) is 30.8 Å². The molecule has 0 radical (unpaired) electrons. The first-order valence-corrected chi connectivity index (χ1v) is 10.3. The molecule has 0 N–H and O–H groups in total. The van der Waals surface area contributed by atoms with Crippen molar-refractivity contribution in [2.45, 2.75) is 32.5 Å². The van der Waals surface area contributed by atoms with E-state index in [-0.39, 0.29) is 12.1 Å². The lowest BCUT2D eigenvalue weighted by atomic mass is 10.0. The fraction of sp³-hybridized carbons (Fsp3) is 0.333. The SMILES string of the molecule is CSN(Cc1ccc(C2=NN=C(C(F)F)C2)cc1)c1ccc2c(c1)CN(C)C2. The van der Waals surface area contributed by atoms with Crippen molar-refractivity contribution in [1.82, 2.24) is 4.90 Å². The van der Waals surface area contributed by atoms with Crippen LogP contribution in [0, 0.1) is 0 Å². The molecule has 0 fully saturated rings. The molecule has 4 nitrogen and oxygen atoms in total. The molecule has 0 spiro atoms. The van der Waals surface area contributed by atoms with Gasteiger partial charge in [-0.3, -0.25) is 4.90 Å². The summed E-state index contributed by atoms with van der Waals surface area (Å²) < 4.78 is 27.7. The van der Waals surface area contributed by atoms with Gasteiger partial charge in [-0.2, -0.15) is 10.2 Å². The molecule has 28 heavy (non-hydrogen) atoms. The Bertz CT molecular complexity index is 925. The van der Waals surface area contributed by atoms with Crippen LogP contribution in [0.15, 0.2) is 52.7 Å². The first kappa shape index (κ1) is 19.1. The predicted molar refractivity (Wildman–Crippen MR) is 112 cm³/mol. The first-order valence-electron chi connectivity index (χ1n) is 9.16. The predicted octanol–water partition coefficient (Wildman–Crippen LogP) is 4.73. The molecule has 0 aromatic heterocycles. The van der Waals surface area contributed by atoms with Gasteiger partial charge < -0.3 is 4.31 Å². The summed E-state index contributed by atoms with van der Waals surface area (Å²) in [6.45, 7) is 2.77. The third kappa shape index (κ3) is 3.95. The van der Waals surface area contributed by atoms with Crippen LogP contribution in [0.4, 0.5) is 14.5 Å². The van der Waals surface area contributed by atoms with Gasteiger partial charge in [0.2, 0.25) is 0 Å². The maximum atomic E-state index is 12.7. The summed E-state index contributed by atoms with van der Waals surface area (Å²) in [4.78, 5) is 2.31. The molecule has 0 atom stereocenters. The first-order chi connectivity index (χ1) is 13.5. The van der Waals surface area contributed by atoms with Gasteiger partial charge in [-0.25, -0.2) is 8.78 Å². The van der Waals surface area contributed by atoms with Crippen LogP contribution in [0.1, 0.15) is 28.7 Å². The van der Waals surface area contributed by atoms with Gasteiger partial charge in [-0.05, 0) is 41.4 Å². The molecule has 4 rings (SSSR count). The minimum absolute atomic E-state index is 0.123. The highest BCUT2D eigenvalue weighted by Gasteiger charge is 2.22. The standard InChI is InChI=1S/C21H22F2N4S/c1-26-12-16-7-8-18(9-17(16)13-26)27(28-2)11-14-3-5-15(6-4-14)19-10-20(21(22)23)25-24-19/h3-9,21H,10-13H2,1-2H3. The second-order valence-electron chi connectivity index (χ2n) is 7.16. The lowest BCUT2D eigenvalue weighted by molar-refractivity contribution is 0.224. The lowest BCUT2D eigenvalue weighted by Crippen LogP contribution is -2.14. The molecule has 0 unspecified atom stereocenters. The van der Waals surface area contributed by atoms with E-state index in [4.69, 9.17) is 0 Å². The lowest BCUT2D eigenvalue weighted by Gasteiger charge is -2.22. The minimum Gasteiger partial charge on any atom is -0.312 e. The molecule has 2 aliphatic heterocycles. The Balaban J connectivity index is 1.44. The van der Waals surface area contributed by atoms with Crippen molar-refractivity contribution in [1.29, 1.82) is 0 Å². The quantitative estimate of drug-likeness (QED) is 0.657. The maximum absolute atomic E-state index is 12.7. The summed E-state index contributed by atoms with van der Waals surface area (Å²) in [5.74, 6) is 0. The van der Waals surface area contributed by atoms with E-state index in [1.165, 1.54) is 16.8 Å². The Hall–Kier alpha value is -2.25. The van der Waals surface area contributed by atoms with Crippen LogP contribution >= 0.6 is 11.9 Å². The van der Waals surface area contributed by atoms with E-state index < -0.39 is 6.43 Å². The summed E-state index contributed by atoms with van der Waals surface area (Å²) in [7, 11) is 2.14. The number of alkyl halides is 2. The van der Waals surface area contributed by atoms with Crippen LogP contribution in [0.25, 0.3) is 0 Å². The summed E-state index contributed by atoms with van der Waals surface area (Å²) in [6.07, 6.45) is -0.343. The van der Waals surface area contributed by atoms with Crippen LogP contribution in [0.3, 0.4) is 0 Å². The third-order valence-electron chi connectivity index (χ3n) is 5.09. The molecule has 0 amide bonds. The number of hydrogen-bond acceptors (Lipinski definition) is 5. The van der Waals surface area contributed by atoms with E-state index in [1.807, 2.05) is 24.3 Å². The number of halogens is 2. The largest absolute Gasteiger partial charge is 0.312 e. The van der Waals surface area contributed by atoms with E-state index in [1.54, 1.807) is 11.9 Å². The van der Waals surface area contributed by atoms with Gasteiger partial charge in [0.05, 0.1) is 12.3 Å². The van der Waals surface area contributed by atoms with E-state index in [9.17, 15) is 8.78 Å². The summed E-state index contributed by atoms with van der Waals surface area (Å²) in [5, 5.41) is 7.50.